The van der Waals surface area contributed by atoms with Crippen molar-refractivity contribution in [2.75, 3.05) is 18.8 Å². The minimum absolute atomic E-state index is 0.0378. The molecule has 4 N–H and O–H groups in total. The standard InChI is InChI=1S/C18H23N7O2S/c1-10-13(11(2)27-24-10)7-25-6-4-12-14(9-28-15(12)8-25)17(26)20-5-3-16-21-18(19)23-22-16/h9H,3-8H2,1-2H3,(H,20,26)(H3,19,21,22,23). The van der Waals surface area contributed by atoms with Crippen molar-refractivity contribution in [1.82, 2.24) is 30.6 Å². The van der Waals surface area contributed by atoms with Crippen LogP contribution in [-0.2, 0) is 25.9 Å². The molecule has 0 spiro atoms. The number of rotatable bonds is 6. The van der Waals surface area contributed by atoms with Crippen LogP contribution in [0.25, 0.3) is 0 Å². The molecular formula is C18H23N7O2S. The van der Waals surface area contributed by atoms with Gasteiger partial charge in [0.2, 0.25) is 5.95 Å². The topological polar surface area (TPSA) is 126 Å². The molecule has 0 fully saturated rings. The Bertz CT molecular complexity index is 971. The number of hydrogen-bond donors (Lipinski definition) is 3. The summed E-state index contributed by atoms with van der Waals surface area (Å²) in [6.45, 7) is 6.98. The van der Waals surface area contributed by atoms with Gasteiger partial charge in [-0.15, -0.1) is 16.4 Å². The monoisotopic (exact) mass is 401 g/mol. The van der Waals surface area contributed by atoms with E-state index in [-0.39, 0.29) is 11.9 Å². The van der Waals surface area contributed by atoms with Crippen LogP contribution in [0.3, 0.4) is 0 Å². The van der Waals surface area contributed by atoms with Gasteiger partial charge in [0.1, 0.15) is 11.6 Å². The maximum absolute atomic E-state index is 12.6. The van der Waals surface area contributed by atoms with Crippen LogP contribution >= 0.6 is 11.3 Å². The highest BCUT2D eigenvalue weighted by atomic mass is 32.1. The third-order valence-electron chi connectivity index (χ3n) is 5.03. The first kappa shape index (κ1) is 18.6. The van der Waals surface area contributed by atoms with E-state index in [2.05, 4.69) is 30.6 Å². The predicted molar refractivity (Wildman–Crippen MR) is 105 cm³/mol. The lowest BCUT2D eigenvalue weighted by Crippen LogP contribution is -2.31. The van der Waals surface area contributed by atoms with Gasteiger partial charge < -0.3 is 15.6 Å². The second-order valence-electron chi connectivity index (χ2n) is 6.96. The van der Waals surface area contributed by atoms with Crippen LogP contribution in [0.5, 0.6) is 0 Å². The number of anilines is 1. The van der Waals surface area contributed by atoms with Crippen molar-refractivity contribution in [1.29, 1.82) is 0 Å². The molecule has 0 bridgehead atoms. The fraction of sp³-hybridized carbons (Fsp3) is 0.444. The molecule has 0 aromatic carbocycles. The van der Waals surface area contributed by atoms with Gasteiger partial charge in [-0.2, -0.15) is 4.98 Å². The summed E-state index contributed by atoms with van der Waals surface area (Å²) in [4.78, 5) is 20.3. The molecule has 28 heavy (non-hydrogen) atoms. The minimum Gasteiger partial charge on any atom is -0.367 e. The average molecular weight is 401 g/mol. The third-order valence-corrected chi connectivity index (χ3v) is 6.04. The number of aryl methyl sites for hydroxylation is 2. The number of hydrogen-bond acceptors (Lipinski definition) is 8. The Kier molecular flexibility index (Phi) is 5.14. The first-order valence-electron chi connectivity index (χ1n) is 9.19. The first-order chi connectivity index (χ1) is 13.5. The lowest BCUT2D eigenvalue weighted by molar-refractivity contribution is 0.0952. The molecule has 1 amide bonds. The Morgan fingerprint density at radius 3 is 3.04 bits per heavy atom. The quantitative estimate of drug-likeness (QED) is 0.572. The third kappa shape index (κ3) is 3.78. The molecule has 4 rings (SSSR count). The molecule has 0 saturated heterocycles. The van der Waals surface area contributed by atoms with Crippen LogP contribution in [0.2, 0.25) is 0 Å². The van der Waals surface area contributed by atoms with E-state index in [1.54, 1.807) is 11.3 Å². The summed E-state index contributed by atoms with van der Waals surface area (Å²) in [6, 6.07) is 0. The van der Waals surface area contributed by atoms with Gasteiger partial charge in [0.15, 0.2) is 0 Å². The Morgan fingerprint density at radius 2 is 2.32 bits per heavy atom. The number of aromatic amines is 1. The van der Waals surface area contributed by atoms with E-state index >= 15 is 0 Å². The van der Waals surface area contributed by atoms with Crippen molar-refractivity contribution in [3.63, 3.8) is 0 Å². The molecule has 3 aromatic heterocycles. The zero-order chi connectivity index (χ0) is 19.7. The van der Waals surface area contributed by atoms with Gasteiger partial charge in [-0.05, 0) is 25.8 Å². The van der Waals surface area contributed by atoms with Gasteiger partial charge in [0.05, 0.1) is 11.3 Å². The van der Waals surface area contributed by atoms with Gasteiger partial charge in [0, 0.05) is 48.4 Å². The molecule has 0 atom stereocenters. The molecular weight excluding hydrogens is 378 g/mol. The molecule has 0 saturated carbocycles. The van der Waals surface area contributed by atoms with Crippen LogP contribution in [-0.4, -0.2) is 44.2 Å². The van der Waals surface area contributed by atoms with Crippen molar-refractivity contribution in [2.24, 2.45) is 0 Å². The summed E-state index contributed by atoms with van der Waals surface area (Å²) in [6.07, 6.45) is 1.43. The summed E-state index contributed by atoms with van der Waals surface area (Å²) in [5.41, 5.74) is 9.54. The van der Waals surface area contributed by atoms with Crippen molar-refractivity contribution in [3.05, 3.63) is 44.2 Å². The first-order valence-corrected chi connectivity index (χ1v) is 10.1. The van der Waals surface area contributed by atoms with E-state index < -0.39 is 0 Å². The van der Waals surface area contributed by atoms with Crippen molar-refractivity contribution in [2.45, 2.75) is 39.8 Å². The lowest BCUT2D eigenvalue weighted by atomic mass is 10.0. The van der Waals surface area contributed by atoms with Crippen molar-refractivity contribution < 1.29 is 9.32 Å². The van der Waals surface area contributed by atoms with Crippen LogP contribution in [0.15, 0.2) is 9.90 Å². The number of thiophene rings is 1. The molecule has 3 aromatic rings. The highest BCUT2D eigenvalue weighted by Crippen LogP contribution is 2.30. The number of amides is 1. The molecule has 4 heterocycles. The second-order valence-corrected chi connectivity index (χ2v) is 7.92. The molecule has 0 radical (unpaired) electrons. The summed E-state index contributed by atoms with van der Waals surface area (Å²) in [5.74, 6) is 1.72. The van der Waals surface area contributed by atoms with Crippen LogP contribution in [0.1, 0.15) is 43.6 Å². The van der Waals surface area contributed by atoms with Crippen molar-refractivity contribution >= 4 is 23.2 Å². The highest BCUT2D eigenvalue weighted by molar-refractivity contribution is 7.10. The van der Waals surface area contributed by atoms with E-state index in [9.17, 15) is 4.79 Å². The smallest absolute Gasteiger partial charge is 0.252 e. The number of nitrogens with zero attached hydrogens (tertiary/aromatic N) is 4. The largest absolute Gasteiger partial charge is 0.367 e. The fourth-order valence-corrected chi connectivity index (χ4v) is 4.59. The fourth-order valence-electron chi connectivity index (χ4n) is 3.47. The normalized spacial score (nSPS) is 14.2. The number of nitrogens with one attached hydrogen (secondary N) is 2. The van der Waals surface area contributed by atoms with Gasteiger partial charge in [-0.3, -0.25) is 14.8 Å². The number of aromatic nitrogens is 4. The van der Waals surface area contributed by atoms with Crippen molar-refractivity contribution in [3.8, 4) is 0 Å². The summed E-state index contributed by atoms with van der Waals surface area (Å²) >= 11 is 1.65. The maximum atomic E-state index is 12.6. The minimum atomic E-state index is -0.0378. The predicted octanol–water partition coefficient (Wildman–Crippen LogP) is 1.58. The zero-order valence-electron chi connectivity index (χ0n) is 15.9. The molecule has 9 nitrogen and oxygen atoms in total. The van der Waals surface area contributed by atoms with E-state index in [4.69, 9.17) is 10.3 Å². The van der Waals surface area contributed by atoms with E-state index in [0.29, 0.717) is 18.8 Å². The molecule has 0 aliphatic carbocycles. The Hall–Kier alpha value is -2.72. The molecule has 1 aliphatic rings. The van der Waals surface area contributed by atoms with E-state index in [1.165, 1.54) is 10.4 Å². The number of nitrogens with two attached hydrogens (primary N) is 1. The molecule has 10 heteroatoms. The Labute approximate surface area is 166 Å². The van der Waals surface area contributed by atoms with Gasteiger partial charge >= 0.3 is 0 Å². The number of carbonyl (C=O) groups excluding carboxylic acids is 1. The van der Waals surface area contributed by atoms with E-state index in [0.717, 1.165) is 48.6 Å². The van der Waals surface area contributed by atoms with E-state index in [1.807, 2.05) is 19.2 Å². The Morgan fingerprint density at radius 1 is 1.46 bits per heavy atom. The highest BCUT2D eigenvalue weighted by Gasteiger charge is 2.25. The lowest BCUT2D eigenvalue weighted by Gasteiger charge is -2.27. The number of carbonyl (C=O) groups is 1. The number of nitrogen functional groups attached to an aromatic ring is 1. The number of H-pyrrole nitrogens is 1. The summed E-state index contributed by atoms with van der Waals surface area (Å²) < 4.78 is 5.27. The molecule has 0 unspecified atom stereocenters. The maximum Gasteiger partial charge on any atom is 0.252 e. The Balaban J connectivity index is 1.36. The van der Waals surface area contributed by atoms with Gasteiger partial charge in [-0.25, -0.2) is 0 Å². The van der Waals surface area contributed by atoms with Gasteiger partial charge in [0.25, 0.3) is 5.91 Å². The average Bonchev–Trinajstić information content (AvgIpc) is 3.36. The SMILES string of the molecule is Cc1noc(C)c1CN1CCc2c(C(=O)NCCc3nc(N)n[nH]3)csc2C1. The van der Waals surface area contributed by atoms with Gasteiger partial charge in [-0.1, -0.05) is 5.16 Å². The zero-order valence-corrected chi connectivity index (χ0v) is 16.7. The number of fused-ring (bicyclic) bond motifs is 1. The second kappa shape index (κ2) is 7.72. The summed E-state index contributed by atoms with van der Waals surface area (Å²) in [7, 11) is 0. The van der Waals surface area contributed by atoms with Crippen LogP contribution in [0, 0.1) is 13.8 Å². The summed E-state index contributed by atoms with van der Waals surface area (Å²) in [5, 5.41) is 15.5. The van der Waals surface area contributed by atoms with Crippen LogP contribution < -0.4 is 11.1 Å². The molecule has 148 valence electrons. The van der Waals surface area contributed by atoms with Crippen LogP contribution in [0.4, 0.5) is 5.95 Å². The molecule has 1 aliphatic heterocycles.